The Bertz CT molecular complexity index is 274. The van der Waals surface area contributed by atoms with Gasteiger partial charge in [0.2, 0.25) is 5.95 Å². The number of halogens is 1. The molecular weight excluding hydrogens is 212 g/mol. The second kappa shape index (κ2) is 5.88. The third-order valence-corrected chi connectivity index (χ3v) is 2.72. The Morgan fingerprint density at radius 2 is 1.87 bits per heavy atom. The van der Waals surface area contributed by atoms with Crippen molar-refractivity contribution in [1.82, 2.24) is 15.3 Å². The lowest BCUT2D eigenvalue weighted by Crippen LogP contribution is -2.41. The molecule has 0 aliphatic carbocycles. The first-order valence-corrected chi connectivity index (χ1v) is 5.08. The van der Waals surface area contributed by atoms with Crippen LogP contribution in [0, 0.1) is 0 Å². The van der Waals surface area contributed by atoms with Crippen molar-refractivity contribution in [2.75, 3.05) is 25.0 Å². The monoisotopic (exact) mass is 228 g/mol. The van der Waals surface area contributed by atoms with Gasteiger partial charge in [0.25, 0.3) is 0 Å². The second-order valence-electron chi connectivity index (χ2n) is 3.64. The topological polar surface area (TPSA) is 41.1 Å². The Morgan fingerprint density at radius 3 is 2.47 bits per heavy atom. The molecule has 0 bridgehead atoms. The van der Waals surface area contributed by atoms with Crippen molar-refractivity contribution in [1.29, 1.82) is 0 Å². The van der Waals surface area contributed by atoms with E-state index < -0.39 is 0 Å². The molecule has 1 saturated heterocycles. The molecule has 0 spiro atoms. The van der Waals surface area contributed by atoms with Crippen LogP contribution in [-0.4, -0.2) is 36.1 Å². The molecule has 0 atom stereocenters. The number of nitrogens with one attached hydrogen (secondary N) is 1. The highest BCUT2D eigenvalue weighted by atomic mass is 35.5. The molecule has 4 nitrogen and oxygen atoms in total. The lowest BCUT2D eigenvalue weighted by molar-refractivity contribution is 0.439. The number of anilines is 1. The van der Waals surface area contributed by atoms with Crippen LogP contribution in [0.25, 0.3) is 0 Å². The summed E-state index contributed by atoms with van der Waals surface area (Å²) in [7, 11) is 2.07. The number of aromatic nitrogens is 2. The van der Waals surface area contributed by atoms with Crippen molar-refractivity contribution in [3.63, 3.8) is 0 Å². The van der Waals surface area contributed by atoms with Gasteiger partial charge in [-0.1, -0.05) is 0 Å². The van der Waals surface area contributed by atoms with Crippen LogP contribution in [0.4, 0.5) is 5.95 Å². The van der Waals surface area contributed by atoms with Crippen LogP contribution in [0.15, 0.2) is 18.5 Å². The fourth-order valence-electron chi connectivity index (χ4n) is 1.83. The van der Waals surface area contributed by atoms with Crippen LogP contribution in [0.1, 0.15) is 12.8 Å². The molecular formula is C10H17ClN4. The number of hydrogen-bond acceptors (Lipinski definition) is 4. The highest BCUT2D eigenvalue weighted by molar-refractivity contribution is 5.85. The first-order valence-electron chi connectivity index (χ1n) is 5.08. The average molecular weight is 229 g/mol. The SMILES string of the molecule is CN(c1ncccn1)C1CCNCC1.Cl. The summed E-state index contributed by atoms with van der Waals surface area (Å²) in [5.74, 6) is 0.833. The molecule has 0 saturated carbocycles. The normalized spacial score (nSPS) is 16.9. The zero-order valence-electron chi connectivity index (χ0n) is 8.89. The molecule has 5 heteroatoms. The first kappa shape index (κ1) is 12.2. The third-order valence-electron chi connectivity index (χ3n) is 2.72. The van der Waals surface area contributed by atoms with Crippen molar-refractivity contribution in [3.8, 4) is 0 Å². The minimum absolute atomic E-state index is 0. The Labute approximate surface area is 96.5 Å². The van der Waals surface area contributed by atoms with E-state index in [-0.39, 0.29) is 12.4 Å². The molecule has 0 amide bonds. The largest absolute Gasteiger partial charge is 0.341 e. The zero-order chi connectivity index (χ0) is 9.80. The molecule has 2 rings (SSSR count). The molecule has 0 radical (unpaired) electrons. The lowest BCUT2D eigenvalue weighted by atomic mass is 10.1. The Kier molecular flexibility index (Phi) is 4.78. The molecule has 1 N–H and O–H groups in total. The molecule has 84 valence electrons. The lowest BCUT2D eigenvalue weighted by Gasteiger charge is -2.31. The quantitative estimate of drug-likeness (QED) is 0.823. The number of rotatable bonds is 2. The summed E-state index contributed by atoms with van der Waals surface area (Å²) >= 11 is 0. The van der Waals surface area contributed by atoms with Gasteiger partial charge in [-0.25, -0.2) is 9.97 Å². The minimum atomic E-state index is 0. The van der Waals surface area contributed by atoms with Crippen molar-refractivity contribution in [2.24, 2.45) is 0 Å². The molecule has 15 heavy (non-hydrogen) atoms. The number of piperidine rings is 1. The zero-order valence-corrected chi connectivity index (χ0v) is 9.70. The first-order chi connectivity index (χ1) is 6.88. The predicted octanol–water partition coefficient (Wildman–Crippen LogP) is 1.09. The third kappa shape index (κ3) is 3.04. The molecule has 0 unspecified atom stereocenters. The van der Waals surface area contributed by atoms with Crippen LogP contribution < -0.4 is 10.2 Å². The highest BCUT2D eigenvalue weighted by Crippen LogP contribution is 2.14. The molecule has 1 fully saturated rings. The summed E-state index contributed by atoms with van der Waals surface area (Å²) in [5.41, 5.74) is 0. The summed E-state index contributed by atoms with van der Waals surface area (Å²) in [5, 5.41) is 3.35. The number of hydrogen-bond donors (Lipinski definition) is 1. The van der Waals surface area contributed by atoms with E-state index in [1.807, 2.05) is 6.07 Å². The van der Waals surface area contributed by atoms with Crippen LogP contribution >= 0.6 is 12.4 Å². The van der Waals surface area contributed by atoms with Crippen LogP contribution in [0.3, 0.4) is 0 Å². The maximum Gasteiger partial charge on any atom is 0.225 e. The fourth-order valence-corrected chi connectivity index (χ4v) is 1.83. The van der Waals surface area contributed by atoms with Gasteiger partial charge in [-0.05, 0) is 32.0 Å². The summed E-state index contributed by atoms with van der Waals surface area (Å²) in [6.07, 6.45) is 5.93. The Morgan fingerprint density at radius 1 is 1.27 bits per heavy atom. The molecule has 1 aromatic heterocycles. The van der Waals surface area contributed by atoms with E-state index in [1.165, 1.54) is 12.8 Å². The van der Waals surface area contributed by atoms with Gasteiger partial charge in [-0.15, -0.1) is 12.4 Å². The molecule has 1 aliphatic rings. The van der Waals surface area contributed by atoms with Crippen molar-refractivity contribution < 1.29 is 0 Å². The van der Waals surface area contributed by atoms with Crippen molar-refractivity contribution in [3.05, 3.63) is 18.5 Å². The fraction of sp³-hybridized carbons (Fsp3) is 0.600. The van der Waals surface area contributed by atoms with Gasteiger partial charge in [0, 0.05) is 25.5 Å². The van der Waals surface area contributed by atoms with Crippen molar-refractivity contribution in [2.45, 2.75) is 18.9 Å². The van der Waals surface area contributed by atoms with Gasteiger partial charge in [0.05, 0.1) is 0 Å². The average Bonchev–Trinajstić information content (AvgIpc) is 2.30. The predicted molar refractivity (Wildman–Crippen MR) is 63.6 cm³/mol. The molecule has 0 aromatic carbocycles. The van der Waals surface area contributed by atoms with Gasteiger partial charge in [0.1, 0.15) is 0 Å². The minimum Gasteiger partial charge on any atom is -0.341 e. The summed E-state index contributed by atoms with van der Waals surface area (Å²) in [6, 6.07) is 2.43. The van der Waals surface area contributed by atoms with Gasteiger partial charge in [-0.3, -0.25) is 0 Å². The summed E-state index contributed by atoms with van der Waals surface area (Å²) in [4.78, 5) is 10.7. The van der Waals surface area contributed by atoms with E-state index in [0.29, 0.717) is 6.04 Å². The van der Waals surface area contributed by atoms with Crippen molar-refractivity contribution >= 4 is 18.4 Å². The Hall–Kier alpha value is -0.870. The maximum atomic E-state index is 4.25. The van der Waals surface area contributed by atoms with E-state index in [0.717, 1.165) is 19.0 Å². The molecule has 2 heterocycles. The Balaban J connectivity index is 0.00000112. The van der Waals surface area contributed by atoms with E-state index in [1.54, 1.807) is 12.4 Å². The van der Waals surface area contributed by atoms with Crippen LogP contribution in [0.5, 0.6) is 0 Å². The maximum absolute atomic E-state index is 4.25. The van der Waals surface area contributed by atoms with E-state index in [4.69, 9.17) is 0 Å². The van der Waals surface area contributed by atoms with E-state index >= 15 is 0 Å². The second-order valence-corrected chi connectivity index (χ2v) is 3.64. The molecule has 1 aliphatic heterocycles. The van der Waals surface area contributed by atoms with Gasteiger partial charge < -0.3 is 10.2 Å². The standard InChI is InChI=1S/C10H16N4.ClH/c1-14(9-3-7-11-8-4-9)10-12-5-2-6-13-10;/h2,5-6,9,11H,3-4,7-8H2,1H3;1H. The van der Waals surface area contributed by atoms with Gasteiger partial charge in [-0.2, -0.15) is 0 Å². The van der Waals surface area contributed by atoms with E-state index in [9.17, 15) is 0 Å². The summed E-state index contributed by atoms with van der Waals surface area (Å²) in [6.45, 7) is 2.20. The number of nitrogens with zero attached hydrogens (tertiary/aromatic N) is 3. The smallest absolute Gasteiger partial charge is 0.225 e. The van der Waals surface area contributed by atoms with Gasteiger partial charge in [0.15, 0.2) is 0 Å². The van der Waals surface area contributed by atoms with Crippen LogP contribution in [0.2, 0.25) is 0 Å². The van der Waals surface area contributed by atoms with Crippen LogP contribution in [-0.2, 0) is 0 Å². The molecule has 1 aromatic rings. The highest BCUT2D eigenvalue weighted by Gasteiger charge is 2.19. The summed E-state index contributed by atoms with van der Waals surface area (Å²) < 4.78 is 0. The van der Waals surface area contributed by atoms with Gasteiger partial charge >= 0.3 is 0 Å². The van der Waals surface area contributed by atoms with E-state index in [2.05, 4.69) is 27.2 Å².